The molecule has 0 bridgehead atoms. The smallest absolute Gasteiger partial charge is 0.238 e. The van der Waals surface area contributed by atoms with Crippen LogP contribution < -0.4 is 15.2 Å². The molecule has 3 rings (SSSR count). The predicted octanol–water partition coefficient (Wildman–Crippen LogP) is 3.38. The van der Waals surface area contributed by atoms with E-state index in [-0.39, 0.29) is 10.7 Å². The molecule has 3 N–H and O–H groups in total. The Hall–Kier alpha value is -2.74. The van der Waals surface area contributed by atoms with Crippen LogP contribution in [0, 0.1) is 5.82 Å². The summed E-state index contributed by atoms with van der Waals surface area (Å²) in [5.41, 5.74) is 3.02. The van der Waals surface area contributed by atoms with Crippen molar-refractivity contribution in [2.24, 2.45) is 5.14 Å². The van der Waals surface area contributed by atoms with Crippen LogP contribution in [-0.2, 0) is 29.6 Å². The van der Waals surface area contributed by atoms with Crippen molar-refractivity contribution in [1.82, 2.24) is 5.32 Å². The van der Waals surface area contributed by atoms with Gasteiger partial charge in [-0.2, -0.15) is 0 Å². The highest BCUT2D eigenvalue weighted by Gasteiger charge is 2.06. The molecule has 0 radical (unpaired) electrons. The Morgan fingerprint density at radius 2 is 1.59 bits per heavy atom. The largest absolute Gasteiger partial charge is 0.489 e. The second kappa shape index (κ2) is 9.65. The lowest BCUT2D eigenvalue weighted by Gasteiger charge is -2.09. The lowest BCUT2D eigenvalue weighted by atomic mass is 10.1. The Morgan fingerprint density at radius 1 is 0.897 bits per heavy atom. The minimum atomic E-state index is -3.65. The van der Waals surface area contributed by atoms with E-state index >= 15 is 0 Å². The molecule has 5 nitrogen and oxygen atoms in total. The second-order valence-electron chi connectivity index (χ2n) is 6.68. The minimum Gasteiger partial charge on any atom is -0.489 e. The van der Waals surface area contributed by atoms with E-state index in [0.717, 1.165) is 35.4 Å². The number of nitrogens with one attached hydrogen (secondary N) is 1. The van der Waals surface area contributed by atoms with Gasteiger partial charge in [0, 0.05) is 6.54 Å². The topological polar surface area (TPSA) is 81.4 Å². The molecular formula is C22H23FN2O3S. The van der Waals surface area contributed by atoms with E-state index in [1.54, 1.807) is 24.3 Å². The van der Waals surface area contributed by atoms with Gasteiger partial charge >= 0.3 is 0 Å². The van der Waals surface area contributed by atoms with Gasteiger partial charge in [-0.25, -0.2) is 17.9 Å². The van der Waals surface area contributed by atoms with Gasteiger partial charge in [-0.15, -0.1) is 0 Å². The van der Waals surface area contributed by atoms with E-state index in [0.29, 0.717) is 13.2 Å². The Kier molecular flexibility index (Phi) is 6.98. The molecule has 0 spiro atoms. The maximum absolute atomic E-state index is 12.9. The summed E-state index contributed by atoms with van der Waals surface area (Å²) in [6.45, 7) is 1.81. The summed E-state index contributed by atoms with van der Waals surface area (Å²) in [5.74, 6) is 0.495. The molecule has 152 valence electrons. The van der Waals surface area contributed by atoms with Crippen molar-refractivity contribution in [1.29, 1.82) is 0 Å². The normalized spacial score (nSPS) is 11.4. The van der Waals surface area contributed by atoms with Gasteiger partial charge in [0.05, 0.1) is 4.90 Å². The summed E-state index contributed by atoms with van der Waals surface area (Å²) in [6.07, 6.45) is 0.770. The minimum absolute atomic E-state index is 0.117. The van der Waals surface area contributed by atoms with Gasteiger partial charge < -0.3 is 10.1 Å². The zero-order valence-corrected chi connectivity index (χ0v) is 16.7. The molecule has 0 unspecified atom stereocenters. The molecular weight excluding hydrogens is 391 g/mol. The summed E-state index contributed by atoms with van der Waals surface area (Å²) < 4.78 is 41.3. The van der Waals surface area contributed by atoms with Crippen LogP contribution in [0.25, 0.3) is 0 Å². The van der Waals surface area contributed by atoms with E-state index < -0.39 is 10.0 Å². The zero-order chi connectivity index (χ0) is 20.7. The molecule has 0 saturated carbocycles. The van der Waals surface area contributed by atoms with Crippen molar-refractivity contribution < 1.29 is 17.5 Å². The van der Waals surface area contributed by atoms with Crippen LogP contribution in [0.5, 0.6) is 5.75 Å². The lowest BCUT2D eigenvalue weighted by Crippen LogP contribution is -2.17. The fourth-order valence-electron chi connectivity index (χ4n) is 2.80. The number of ether oxygens (including phenoxy) is 1. The van der Waals surface area contributed by atoms with Crippen molar-refractivity contribution in [3.8, 4) is 5.75 Å². The van der Waals surface area contributed by atoms with E-state index in [9.17, 15) is 12.8 Å². The van der Waals surface area contributed by atoms with Crippen molar-refractivity contribution in [2.75, 3.05) is 6.54 Å². The predicted molar refractivity (Wildman–Crippen MR) is 110 cm³/mol. The van der Waals surface area contributed by atoms with E-state index in [1.807, 2.05) is 24.3 Å². The first-order valence-electron chi connectivity index (χ1n) is 9.19. The first-order valence-corrected chi connectivity index (χ1v) is 10.7. The molecule has 0 atom stereocenters. The molecule has 0 aliphatic carbocycles. The van der Waals surface area contributed by atoms with E-state index in [1.165, 1.54) is 24.3 Å². The van der Waals surface area contributed by atoms with Crippen molar-refractivity contribution in [3.63, 3.8) is 0 Å². The maximum Gasteiger partial charge on any atom is 0.238 e. The Bertz CT molecular complexity index is 1040. The third-order valence-electron chi connectivity index (χ3n) is 4.39. The maximum atomic E-state index is 12.9. The molecule has 3 aromatic carbocycles. The van der Waals surface area contributed by atoms with Gasteiger partial charge in [-0.3, -0.25) is 0 Å². The monoisotopic (exact) mass is 414 g/mol. The molecule has 7 heteroatoms. The van der Waals surface area contributed by atoms with Crippen LogP contribution >= 0.6 is 0 Å². The van der Waals surface area contributed by atoms with Crippen LogP contribution in [0.4, 0.5) is 4.39 Å². The molecule has 29 heavy (non-hydrogen) atoms. The Labute approximate surface area is 170 Å². The zero-order valence-electron chi connectivity index (χ0n) is 15.8. The van der Waals surface area contributed by atoms with Crippen molar-refractivity contribution in [3.05, 3.63) is 95.3 Å². The Morgan fingerprint density at radius 3 is 2.28 bits per heavy atom. The number of hydrogen-bond acceptors (Lipinski definition) is 4. The lowest BCUT2D eigenvalue weighted by molar-refractivity contribution is 0.305. The van der Waals surface area contributed by atoms with Crippen LogP contribution in [-0.4, -0.2) is 15.0 Å². The number of hydrogen-bond donors (Lipinski definition) is 2. The van der Waals surface area contributed by atoms with Gasteiger partial charge in [-0.1, -0.05) is 36.4 Å². The number of rotatable bonds is 9. The van der Waals surface area contributed by atoms with E-state index in [2.05, 4.69) is 5.32 Å². The SMILES string of the molecule is NS(=O)(=O)c1ccc(CCNCc2cccc(OCc3ccc(F)cc3)c2)cc1. The third-order valence-corrected chi connectivity index (χ3v) is 5.32. The molecule has 0 heterocycles. The van der Waals surface area contributed by atoms with Crippen LogP contribution in [0.3, 0.4) is 0 Å². The standard InChI is InChI=1S/C22H23FN2O3S/c23-20-8-4-18(5-9-20)16-28-21-3-1-2-19(14-21)15-25-13-12-17-6-10-22(11-7-17)29(24,26)27/h1-11,14,25H,12-13,15-16H2,(H2,24,26,27). The molecule has 0 aliphatic heterocycles. The summed E-state index contributed by atoms with van der Waals surface area (Å²) in [6, 6.07) is 20.6. The fourth-order valence-corrected chi connectivity index (χ4v) is 3.32. The molecule has 0 fully saturated rings. The van der Waals surface area contributed by atoms with Gasteiger partial charge in [-0.05, 0) is 66.1 Å². The number of nitrogens with two attached hydrogens (primary N) is 1. The number of halogens is 1. The van der Waals surface area contributed by atoms with Gasteiger partial charge in [0.25, 0.3) is 0 Å². The van der Waals surface area contributed by atoms with Gasteiger partial charge in [0.15, 0.2) is 0 Å². The number of primary sulfonamides is 1. The second-order valence-corrected chi connectivity index (χ2v) is 8.24. The molecule has 0 aromatic heterocycles. The van der Waals surface area contributed by atoms with Gasteiger partial charge in [0.1, 0.15) is 18.2 Å². The Balaban J connectivity index is 1.45. The third kappa shape index (κ3) is 6.67. The first-order chi connectivity index (χ1) is 13.9. The highest BCUT2D eigenvalue weighted by atomic mass is 32.2. The van der Waals surface area contributed by atoms with Crippen LogP contribution in [0.15, 0.2) is 77.7 Å². The van der Waals surface area contributed by atoms with Gasteiger partial charge in [0.2, 0.25) is 10.0 Å². The number of benzene rings is 3. The quantitative estimate of drug-likeness (QED) is 0.526. The van der Waals surface area contributed by atoms with Crippen molar-refractivity contribution >= 4 is 10.0 Å². The first kappa shape index (κ1) is 21.0. The molecule has 0 saturated heterocycles. The highest BCUT2D eigenvalue weighted by molar-refractivity contribution is 7.89. The summed E-state index contributed by atoms with van der Waals surface area (Å²) in [5, 5.41) is 8.46. The summed E-state index contributed by atoms with van der Waals surface area (Å²) in [4.78, 5) is 0.117. The molecule has 0 amide bonds. The average Bonchev–Trinajstić information content (AvgIpc) is 2.71. The van der Waals surface area contributed by atoms with Crippen molar-refractivity contribution in [2.45, 2.75) is 24.5 Å². The molecule has 3 aromatic rings. The summed E-state index contributed by atoms with van der Waals surface area (Å²) >= 11 is 0. The average molecular weight is 415 g/mol. The van der Waals surface area contributed by atoms with E-state index in [4.69, 9.17) is 9.88 Å². The van der Waals surface area contributed by atoms with Crippen LogP contribution in [0.2, 0.25) is 0 Å². The number of sulfonamides is 1. The summed E-state index contributed by atoms with van der Waals surface area (Å²) in [7, 11) is -3.65. The molecule has 0 aliphatic rings. The fraction of sp³-hybridized carbons (Fsp3) is 0.182. The highest BCUT2D eigenvalue weighted by Crippen LogP contribution is 2.16. The van der Waals surface area contributed by atoms with Crippen LogP contribution in [0.1, 0.15) is 16.7 Å².